The fourth-order valence-electron chi connectivity index (χ4n) is 1.19. The molecule has 4 nitrogen and oxygen atoms in total. The molecule has 0 bridgehead atoms. The molecule has 0 heterocycles. The van der Waals surface area contributed by atoms with E-state index in [4.69, 9.17) is 0 Å². The number of carbonyl (C=O) groups excluding carboxylic acids is 2. The fraction of sp³-hybridized carbons (Fsp3) is 0.833. The minimum absolute atomic E-state index is 0.0574. The van der Waals surface area contributed by atoms with Crippen molar-refractivity contribution in [1.82, 2.24) is 10.6 Å². The number of nitrogens with one attached hydrogen (secondary N) is 2. The van der Waals surface area contributed by atoms with Gasteiger partial charge in [-0.05, 0) is 26.7 Å². The van der Waals surface area contributed by atoms with E-state index in [1.165, 1.54) is 0 Å². The summed E-state index contributed by atoms with van der Waals surface area (Å²) < 4.78 is 0. The Balaban J connectivity index is 3.85. The number of amides is 2. The Bertz CT molecular complexity index is 272. The van der Waals surface area contributed by atoms with Crippen molar-refractivity contribution in [2.24, 2.45) is 5.92 Å². The molecule has 1 atom stereocenters. The van der Waals surface area contributed by atoms with Gasteiger partial charge in [0, 0.05) is 18.5 Å². The van der Waals surface area contributed by atoms with Crippen LogP contribution in [0.1, 0.15) is 41.0 Å². The summed E-state index contributed by atoms with van der Waals surface area (Å²) in [6.07, 6.45) is 0.293. The standard InChI is InChI=1S/C12H24N2O2S/c1-8(2)10(17)11(16)13-7-6-9(15)14-12(3,4)5/h8,10,17H,6-7H2,1-5H3,(H,13,16)(H,14,15). The summed E-state index contributed by atoms with van der Waals surface area (Å²) in [6.45, 7) is 9.99. The summed E-state index contributed by atoms with van der Waals surface area (Å²) in [5, 5.41) is 5.22. The molecule has 2 N–H and O–H groups in total. The minimum Gasteiger partial charge on any atom is -0.355 e. The molecule has 100 valence electrons. The van der Waals surface area contributed by atoms with Crippen LogP contribution in [0.25, 0.3) is 0 Å². The molecule has 17 heavy (non-hydrogen) atoms. The first-order valence-electron chi connectivity index (χ1n) is 5.90. The molecule has 0 saturated heterocycles. The third-order valence-electron chi connectivity index (χ3n) is 2.07. The molecule has 1 unspecified atom stereocenters. The van der Waals surface area contributed by atoms with Gasteiger partial charge >= 0.3 is 0 Å². The quantitative estimate of drug-likeness (QED) is 0.654. The SMILES string of the molecule is CC(C)C(S)C(=O)NCCC(=O)NC(C)(C)C. The van der Waals surface area contributed by atoms with Gasteiger partial charge in [-0.2, -0.15) is 12.6 Å². The maximum absolute atomic E-state index is 11.5. The second kappa shape index (κ2) is 6.89. The van der Waals surface area contributed by atoms with Crippen LogP contribution in [0.4, 0.5) is 0 Å². The smallest absolute Gasteiger partial charge is 0.233 e. The van der Waals surface area contributed by atoms with Gasteiger partial charge in [-0.15, -0.1) is 0 Å². The van der Waals surface area contributed by atoms with Gasteiger partial charge in [0.1, 0.15) is 0 Å². The largest absolute Gasteiger partial charge is 0.355 e. The molecular formula is C12H24N2O2S. The van der Waals surface area contributed by atoms with Gasteiger partial charge in [-0.25, -0.2) is 0 Å². The number of hydrogen-bond donors (Lipinski definition) is 3. The molecule has 0 aromatic rings. The highest BCUT2D eigenvalue weighted by Gasteiger charge is 2.18. The van der Waals surface area contributed by atoms with Gasteiger partial charge in [-0.1, -0.05) is 13.8 Å². The Kier molecular flexibility index (Phi) is 6.60. The Morgan fingerprint density at radius 3 is 2.18 bits per heavy atom. The van der Waals surface area contributed by atoms with E-state index in [1.54, 1.807) is 0 Å². The number of carbonyl (C=O) groups is 2. The molecule has 0 aliphatic rings. The van der Waals surface area contributed by atoms with Gasteiger partial charge in [0.25, 0.3) is 0 Å². The zero-order chi connectivity index (χ0) is 13.6. The summed E-state index contributed by atoms with van der Waals surface area (Å²) >= 11 is 4.20. The van der Waals surface area contributed by atoms with Crippen LogP contribution in [-0.2, 0) is 9.59 Å². The highest BCUT2D eigenvalue weighted by Crippen LogP contribution is 2.08. The van der Waals surface area contributed by atoms with E-state index in [2.05, 4.69) is 23.3 Å². The maximum atomic E-state index is 11.5. The van der Waals surface area contributed by atoms with E-state index in [1.807, 2.05) is 34.6 Å². The highest BCUT2D eigenvalue weighted by molar-refractivity contribution is 7.81. The first-order chi connectivity index (χ1) is 7.63. The third kappa shape index (κ3) is 8.07. The molecule has 0 aliphatic heterocycles. The van der Waals surface area contributed by atoms with Crippen LogP contribution in [0.3, 0.4) is 0 Å². The lowest BCUT2D eigenvalue weighted by Gasteiger charge is -2.20. The molecule has 2 amide bonds. The zero-order valence-electron chi connectivity index (χ0n) is 11.3. The summed E-state index contributed by atoms with van der Waals surface area (Å²) in [5.74, 6) is 0.00619. The molecule has 0 fully saturated rings. The molecule has 5 heteroatoms. The maximum Gasteiger partial charge on any atom is 0.233 e. The molecular weight excluding hydrogens is 236 g/mol. The van der Waals surface area contributed by atoms with Crippen molar-refractivity contribution in [2.75, 3.05) is 6.54 Å². The van der Waals surface area contributed by atoms with E-state index >= 15 is 0 Å². The van der Waals surface area contributed by atoms with Crippen LogP contribution in [0, 0.1) is 5.92 Å². The number of hydrogen-bond acceptors (Lipinski definition) is 3. The molecule has 0 saturated carbocycles. The van der Waals surface area contributed by atoms with Crippen LogP contribution < -0.4 is 10.6 Å². The van der Waals surface area contributed by atoms with Crippen molar-refractivity contribution in [2.45, 2.75) is 51.8 Å². The molecule has 0 aliphatic carbocycles. The van der Waals surface area contributed by atoms with Crippen LogP contribution >= 0.6 is 12.6 Å². The van der Waals surface area contributed by atoms with Gasteiger partial charge < -0.3 is 10.6 Å². The second-order valence-corrected chi connectivity index (χ2v) is 6.08. The summed E-state index contributed by atoms with van der Waals surface area (Å²) in [6, 6.07) is 0. The second-order valence-electron chi connectivity index (χ2n) is 5.53. The minimum atomic E-state index is -0.319. The molecule has 0 aromatic carbocycles. The Hall–Kier alpha value is -0.710. The van der Waals surface area contributed by atoms with Crippen molar-refractivity contribution in [3.05, 3.63) is 0 Å². The third-order valence-corrected chi connectivity index (χ3v) is 2.90. The summed E-state index contributed by atoms with van der Waals surface area (Å²) in [4.78, 5) is 23.0. The average molecular weight is 260 g/mol. The van der Waals surface area contributed by atoms with E-state index in [0.717, 1.165) is 0 Å². The predicted octanol–water partition coefficient (Wildman–Crippen LogP) is 1.36. The highest BCUT2D eigenvalue weighted by atomic mass is 32.1. The van der Waals surface area contributed by atoms with Crippen LogP contribution in [0.2, 0.25) is 0 Å². The van der Waals surface area contributed by atoms with Crippen LogP contribution in [0.5, 0.6) is 0 Å². The van der Waals surface area contributed by atoms with Gasteiger partial charge in [0.15, 0.2) is 0 Å². The molecule has 0 aromatic heterocycles. The molecule has 0 rings (SSSR count). The zero-order valence-corrected chi connectivity index (χ0v) is 12.2. The molecule has 0 spiro atoms. The van der Waals surface area contributed by atoms with Gasteiger partial charge in [0.05, 0.1) is 5.25 Å². The predicted molar refractivity (Wildman–Crippen MR) is 73.1 cm³/mol. The first-order valence-corrected chi connectivity index (χ1v) is 6.42. The molecule has 0 radical (unpaired) electrons. The average Bonchev–Trinajstić information content (AvgIpc) is 2.13. The Morgan fingerprint density at radius 1 is 1.24 bits per heavy atom. The lowest BCUT2D eigenvalue weighted by Crippen LogP contribution is -2.42. The van der Waals surface area contributed by atoms with Crippen molar-refractivity contribution < 1.29 is 9.59 Å². The monoisotopic (exact) mass is 260 g/mol. The lowest BCUT2D eigenvalue weighted by molar-refractivity contribution is -0.123. The van der Waals surface area contributed by atoms with Gasteiger partial charge in [-0.3, -0.25) is 9.59 Å². The topological polar surface area (TPSA) is 58.2 Å². The Labute approximate surface area is 109 Å². The van der Waals surface area contributed by atoms with Crippen LogP contribution in [0.15, 0.2) is 0 Å². The first kappa shape index (κ1) is 16.3. The lowest BCUT2D eigenvalue weighted by atomic mass is 10.1. The van der Waals surface area contributed by atoms with Gasteiger partial charge in [0.2, 0.25) is 11.8 Å². The van der Waals surface area contributed by atoms with E-state index in [-0.39, 0.29) is 28.5 Å². The van der Waals surface area contributed by atoms with E-state index in [0.29, 0.717) is 13.0 Å². The van der Waals surface area contributed by atoms with Crippen molar-refractivity contribution >= 4 is 24.4 Å². The fourth-order valence-corrected chi connectivity index (χ4v) is 1.28. The van der Waals surface area contributed by atoms with Crippen LogP contribution in [-0.4, -0.2) is 29.1 Å². The Morgan fingerprint density at radius 2 is 1.76 bits per heavy atom. The summed E-state index contributed by atoms with van der Waals surface area (Å²) in [7, 11) is 0. The van der Waals surface area contributed by atoms with Crippen molar-refractivity contribution in [3.8, 4) is 0 Å². The van der Waals surface area contributed by atoms with Crippen molar-refractivity contribution in [1.29, 1.82) is 0 Å². The van der Waals surface area contributed by atoms with Crippen molar-refractivity contribution in [3.63, 3.8) is 0 Å². The number of rotatable bonds is 5. The normalized spacial score (nSPS) is 13.4. The van der Waals surface area contributed by atoms with E-state index in [9.17, 15) is 9.59 Å². The number of thiol groups is 1. The summed E-state index contributed by atoms with van der Waals surface area (Å²) in [5.41, 5.74) is -0.231. The van der Waals surface area contributed by atoms with E-state index < -0.39 is 0 Å².